The van der Waals surface area contributed by atoms with Crippen molar-refractivity contribution in [1.29, 1.82) is 0 Å². The molecule has 0 saturated carbocycles. The maximum atomic E-state index is 13.8. The number of carbonyl (C=O) groups is 1. The zero-order valence-electron chi connectivity index (χ0n) is 19.7. The molecule has 4 rings (SSSR count). The van der Waals surface area contributed by atoms with Gasteiger partial charge in [-0.1, -0.05) is 24.3 Å². The fourth-order valence-corrected chi connectivity index (χ4v) is 3.79. The number of rotatable bonds is 6. The van der Waals surface area contributed by atoms with Crippen molar-refractivity contribution in [3.8, 4) is 17.2 Å². The van der Waals surface area contributed by atoms with Crippen molar-refractivity contribution in [2.24, 2.45) is 0 Å². The van der Waals surface area contributed by atoms with Crippen LogP contribution in [0.2, 0.25) is 0 Å². The number of aryl methyl sites for hydroxylation is 3. The van der Waals surface area contributed by atoms with Crippen LogP contribution in [0.25, 0.3) is 11.0 Å². The quantitative estimate of drug-likeness (QED) is 0.327. The summed E-state index contributed by atoms with van der Waals surface area (Å²) in [5.74, 6) is -2.81. The Morgan fingerprint density at radius 3 is 2.28 bits per heavy atom. The number of carbonyl (C=O) groups excluding carboxylic acids is 1. The van der Waals surface area contributed by atoms with Gasteiger partial charge >= 0.3 is 6.18 Å². The molecule has 186 valence electrons. The molecule has 1 N–H and O–H groups in total. The van der Waals surface area contributed by atoms with Crippen LogP contribution >= 0.6 is 0 Å². The molecule has 0 saturated heterocycles. The second-order valence-electron chi connectivity index (χ2n) is 8.28. The van der Waals surface area contributed by atoms with Crippen LogP contribution < -0.4 is 20.2 Å². The van der Waals surface area contributed by atoms with Crippen LogP contribution in [0, 0.1) is 20.8 Å². The van der Waals surface area contributed by atoms with Gasteiger partial charge in [0.15, 0.2) is 6.61 Å². The minimum absolute atomic E-state index is 0.0566. The summed E-state index contributed by atoms with van der Waals surface area (Å²) in [7, 11) is 0. The van der Waals surface area contributed by atoms with E-state index in [-0.39, 0.29) is 28.0 Å². The van der Waals surface area contributed by atoms with E-state index in [2.05, 4.69) is 5.32 Å². The minimum atomic E-state index is -4.99. The van der Waals surface area contributed by atoms with Crippen molar-refractivity contribution in [1.82, 2.24) is 0 Å². The lowest BCUT2D eigenvalue weighted by Gasteiger charge is -2.15. The zero-order valence-corrected chi connectivity index (χ0v) is 19.7. The molecule has 3 aromatic carbocycles. The molecule has 0 spiro atoms. The van der Waals surface area contributed by atoms with Gasteiger partial charge in [-0.25, -0.2) is 0 Å². The van der Waals surface area contributed by atoms with E-state index < -0.39 is 35.6 Å². The summed E-state index contributed by atoms with van der Waals surface area (Å²) in [4.78, 5) is 25.4. The summed E-state index contributed by atoms with van der Waals surface area (Å²) in [6, 6.07) is 15.9. The van der Waals surface area contributed by atoms with Crippen LogP contribution in [0.5, 0.6) is 17.2 Å². The van der Waals surface area contributed by atoms with E-state index in [1.807, 2.05) is 19.9 Å². The number of fused-ring (bicyclic) bond motifs is 1. The first kappa shape index (κ1) is 24.8. The molecule has 0 aliphatic carbocycles. The van der Waals surface area contributed by atoms with Gasteiger partial charge in [0.25, 0.3) is 11.7 Å². The van der Waals surface area contributed by atoms with E-state index in [1.54, 1.807) is 30.3 Å². The van der Waals surface area contributed by atoms with Crippen LogP contribution in [-0.2, 0) is 11.0 Å². The van der Waals surface area contributed by atoms with Crippen LogP contribution in [0.4, 0.5) is 18.9 Å². The Hall–Kier alpha value is -4.27. The number of nitrogens with one attached hydrogen (secondary N) is 1. The topological polar surface area (TPSA) is 77.8 Å². The van der Waals surface area contributed by atoms with Crippen molar-refractivity contribution in [2.75, 3.05) is 11.9 Å². The lowest BCUT2D eigenvalue weighted by atomic mass is 10.1. The Morgan fingerprint density at radius 2 is 1.64 bits per heavy atom. The van der Waals surface area contributed by atoms with E-state index in [4.69, 9.17) is 13.9 Å². The SMILES string of the molecule is Cc1cc(C)cc(NC(=O)COc2ccc3c(=O)c(Oc4ccccc4)c(C(F)(F)F)oc3c2C)c1. The van der Waals surface area contributed by atoms with E-state index in [0.717, 1.165) is 11.1 Å². The molecule has 0 aliphatic heterocycles. The van der Waals surface area contributed by atoms with E-state index in [9.17, 15) is 22.8 Å². The lowest BCUT2D eigenvalue weighted by Crippen LogP contribution is -2.20. The lowest BCUT2D eigenvalue weighted by molar-refractivity contribution is -0.154. The third kappa shape index (κ3) is 5.35. The van der Waals surface area contributed by atoms with Crippen molar-refractivity contribution >= 4 is 22.6 Å². The maximum absolute atomic E-state index is 13.8. The van der Waals surface area contributed by atoms with Gasteiger partial charge in [-0.3, -0.25) is 9.59 Å². The molecule has 0 unspecified atom stereocenters. The van der Waals surface area contributed by atoms with Gasteiger partial charge in [-0.15, -0.1) is 0 Å². The molecule has 0 radical (unpaired) electrons. The van der Waals surface area contributed by atoms with E-state index in [0.29, 0.717) is 5.69 Å². The summed E-state index contributed by atoms with van der Waals surface area (Å²) < 4.78 is 57.4. The predicted octanol–water partition coefficient (Wildman–Crippen LogP) is 6.55. The van der Waals surface area contributed by atoms with Crippen molar-refractivity contribution in [2.45, 2.75) is 26.9 Å². The molecule has 4 aromatic rings. The number of hydrogen-bond donors (Lipinski definition) is 1. The van der Waals surface area contributed by atoms with Crippen LogP contribution in [0.1, 0.15) is 22.5 Å². The van der Waals surface area contributed by atoms with Crippen molar-refractivity contribution in [3.05, 3.63) is 93.3 Å². The van der Waals surface area contributed by atoms with Gasteiger partial charge in [0, 0.05) is 11.3 Å². The fraction of sp³-hybridized carbons (Fsp3) is 0.185. The molecule has 0 bridgehead atoms. The standard InChI is InChI=1S/C27H22F3NO5/c1-15-11-16(2)13-18(12-15)31-22(32)14-34-21-10-9-20-23(33)25(35-19-7-5-4-6-8-19)26(27(28,29)30)36-24(20)17(21)3/h4-13H,14H2,1-3H3,(H,31,32). The Kier molecular flexibility index (Phi) is 6.74. The average molecular weight is 497 g/mol. The van der Waals surface area contributed by atoms with E-state index in [1.165, 1.54) is 31.2 Å². The number of benzene rings is 3. The van der Waals surface area contributed by atoms with Crippen molar-refractivity contribution < 1.29 is 31.9 Å². The van der Waals surface area contributed by atoms with Gasteiger partial charge < -0.3 is 19.2 Å². The average Bonchev–Trinajstić information content (AvgIpc) is 2.79. The summed E-state index contributed by atoms with van der Waals surface area (Å²) in [6.07, 6.45) is -4.99. The number of para-hydroxylation sites is 1. The number of alkyl halides is 3. The Labute approximate surface area is 204 Å². The first-order chi connectivity index (χ1) is 17.0. The number of anilines is 1. The second kappa shape index (κ2) is 9.77. The van der Waals surface area contributed by atoms with Gasteiger partial charge in [0.2, 0.25) is 11.2 Å². The number of halogens is 3. The summed E-state index contributed by atoms with van der Waals surface area (Å²) in [5.41, 5.74) is 1.41. The second-order valence-corrected chi connectivity index (χ2v) is 8.28. The highest BCUT2D eigenvalue weighted by Gasteiger charge is 2.41. The maximum Gasteiger partial charge on any atom is 0.453 e. The third-order valence-electron chi connectivity index (χ3n) is 5.30. The van der Waals surface area contributed by atoms with E-state index >= 15 is 0 Å². The number of amides is 1. The third-order valence-corrected chi connectivity index (χ3v) is 5.30. The highest BCUT2D eigenvalue weighted by atomic mass is 19.4. The largest absolute Gasteiger partial charge is 0.483 e. The smallest absolute Gasteiger partial charge is 0.453 e. The molecule has 6 nitrogen and oxygen atoms in total. The highest BCUT2D eigenvalue weighted by molar-refractivity contribution is 5.92. The molecular formula is C27H22F3NO5. The van der Waals surface area contributed by atoms with Gasteiger partial charge in [0.05, 0.1) is 5.39 Å². The number of ether oxygens (including phenoxy) is 2. The van der Waals surface area contributed by atoms with Crippen LogP contribution in [0.3, 0.4) is 0 Å². The molecule has 36 heavy (non-hydrogen) atoms. The molecule has 1 aromatic heterocycles. The molecule has 1 amide bonds. The molecule has 0 aliphatic rings. The molecule has 9 heteroatoms. The van der Waals surface area contributed by atoms with Gasteiger partial charge in [-0.2, -0.15) is 13.2 Å². The highest BCUT2D eigenvalue weighted by Crippen LogP contribution is 2.39. The molecule has 0 atom stereocenters. The first-order valence-electron chi connectivity index (χ1n) is 10.9. The molecule has 1 heterocycles. The molecule has 0 fully saturated rings. The van der Waals surface area contributed by atoms with Crippen LogP contribution in [-0.4, -0.2) is 12.5 Å². The normalized spacial score (nSPS) is 11.4. The summed E-state index contributed by atoms with van der Waals surface area (Å²) in [6.45, 7) is 4.85. The first-order valence-corrected chi connectivity index (χ1v) is 10.9. The van der Waals surface area contributed by atoms with Gasteiger partial charge in [-0.05, 0) is 68.3 Å². The molecular weight excluding hydrogens is 475 g/mol. The Bertz CT molecular complexity index is 1470. The monoisotopic (exact) mass is 497 g/mol. The Morgan fingerprint density at radius 1 is 0.972 bits per heavy atom. The Balaban J connectivity index is 1.64. The summed E-state index contributed by atoms with van der Waals surface area (Å²) >= 11 is 0. The van der Waals surface area contributed by atoms with Crippen molar-refractivity contribution in [3.63, 3.8) is 0 Å². The predicted molar refractivity (Wildman–Crippen MR) is 129 cm³/mol. The summed E-state index contributed by atoms with van der Waals surface area (Å²) in [5, 5.41) is 2.60. The number of hydrogen-bond acceptors (Lipinski definition) is 5. The van der Waals surface area contributed by atoms with Crippen LogP contribution in [0.15, 0.2) is 69.9 Å². The zero-order chi connectivity index (χ0) is 26.0. The fourth-order valence-electron chi connectivity index (χ4n) is 3.79. The minimum Gasteiger partial charge on any atom is -0.483 e. The van der Waals surface area contributed by atoms with Gasteiger partial charge in [0.1, 0.15) is 17.1 Å².